The molecule has 0 atom stereocenters. The zero-order chi connectivity index (χ0) is 21.6. The number of hydrogen-bond acceptors (Lipinski definition) is 5. The Morgan fingerprint density at radius 3 is 2.40 bits per heavy atom. The van der Waals surface area contributed by atoms with Crippen molar-refractivity contribution in [3.63, 3.8) is 0 Å². The van der Waals surface area contributed by atoms with Crippen molar-refractivity contribution in [1.82, 2.24) is 15.8 Å². The van der Waals surface area contributed by atoms with Crippen molar-refractivity contribution < 1.29 is 14.1 Å². The Hall–Kier alpha value is -2.58. The monoisotopic (exact) mass is 489 g/mol. The van der Waals surface area contributed by atoms with E-state index in [1.165, 1.54) is 0 Å². The first-order valence-electron chi connectivity index (χ1n) is 9.39. The zero-order valence-corrected chi connectivity index (χ0v) is 19.0. The highest BCUT2D eigenvalue weighted by atomic mass is 79.9. The second-order valence-electron chi connectivity index (χ2n) is 6.07. The van der Waals surface area contributed by atoms with Crippen LogP contribution < -0.4 is 10.6 Å². The van der Waals surface area contributed by atoms with Crippen molar-refractivity contribution in [1.29, 1.82) is 0 Å². The van der Waals surface area contributed by atoms with Gasteiger partial charge >= 0.3 is 0 Å². The first-order valence-corrected chi connectivity index (χ1v) is 11.3. The third-order valence-electron chi connectivity index (χ3n) is 3.78. The van der Waals surface area contributed by atoms with Crippen LogP contribution >= 0.6 is 27.7 Å². The fourth-order valence-electron chi connectivity index (χ4n) is 2.28. The second-order valence-corrected chi connectivity index (χ2v) is 8.09. The summed E-state index contributed by atoms with van der Waals surface area (Å²) in [6.07, 6.45) is 1.12. The van der Waals surface area contributed by atoms with Gasteiger partial charge in [0.15, 0.2) is 11.5 Å². The van der Waals surface area contributed by atoms with Crippen molar-refractivity contribution in [2.45, 2.75) is 6.42 Å². The summed E-state index contributed by atoms with van der Waals surface area (Å²) in [4.78, 5) is 21.8. The Kier molecular flexibility index (Phi) is 10.7. The van der Waals surface area contributed by atoms with Crippen LogP contribution in [0, 0.1) is 0 Å². The van der Waals surface area contributed by atoms with Gasteiger partial charge in [0.2, 0.25) is 5.91 Å². The van der Waals surface area contributed by atoms with Crippen LogP contribution in [0.1, 0.15) is 16.9 Å². The third-order valence-corrected chi connectivity index (χ3v) is 5.35. The molecule has 158 valence electrons. The van der Waals surface area contributed by atoms with Crippen molar-refractivity contribution in [3.05, 3.63) is 76.9 Å². The van der Waals surface area contributed by atoms with Gasteiger partial charge in [-0.1, -0.05) is 69.6 Å². The van der Waals surface area contributed by atoms with Gasteiger partial charge in [0, 0.05) is 29.7 Å². The van der Waals surface area contributed by atoms with Gasteiger partial charge in [-0.2, -0.15) is 11.8 Å². The molecule has 0 saturated carbocycles. The highest BCUT2D eigenvalue weighted by Crippen LogP contribution is 2.19. The lowest BCUT2D eigenvalue weighted by atomic mass is 10.1. The summed E-state index contributed by atoms with van der Waals surface area (Å²) in [7, 11) is 1.55. The Balaban J connectivity index is 0.000000179. The number of aromatic nitrogens is 1. The molecule has 1 saturated heterocycles. The van der Waals surface area contributed by atoms with Crippen LogP contribution in [-0.4, -0.2) is 42.1 Å². The molecule has 2 aromatic carbocycles. The molecule has 2 heterocycles. The predicted molar refractivity (Wildman–Crippen MR) is 124 cm³/mol. The molecule has 4 rings (SSSR count). The van der Waals surface area contributed by atoms with Gasteiger partial charge < -0.3 is 15.2 Å². The Morgan fingerprint density at radius 2 is 1.80 bits per heavy atom. The molecular weight excluding hydrogens is 466 g/mol. The Bertz CT molecular complexity index is 894. The lowest BCUT2D eigenvalue weighted by Crippen LogP contribution is -2.23. The molecule has 6 nitrogen and oxygen atoms in total. The summed E-state index contributed by atoms with van der Waals surface area (Å²) in [6, 6.07) is 21.1. The standard InChI is InChI=1S/C11H10N2O2.C6H5Br.C5H9NOS/c1-12-11(14)9-7-10(15-13-9)8-5-3-2-4-6-8;7-6-4-2-1-3-5-6;7-5-4-8-3-1-2-6-5/h2-7H,1H3,(H,12,14);1-5H;1-4H2,(H,6,7). The predicted octanol–water partition coefficient (Wildman–Crippen LogP) is 4.39. The van der Waals surface area contributed by atoms with E-state index in [0.29, 0.717) is 11.5 Å². The number of carbonyl (C=O) groups excluding carboxylic acids is 2. The van der Waals surface area contributed by atoms with E-state index in [-0.39, 0.29) is 17.5 Å². The van der Waals surface area contributed by atoms with Crippen molar-refractivity contribution >= 4 is 39.5 Å². The molecule has 1 aromatic heterocycles. The highest BCUT2D eigenvalue weighted by molar-refractivity contribution is 9.10. The molecule has 0 radical (unpaired) electrons. The van der Waals surface area contributed by atoms with Crippen LogP contribution in [0.25, 0.3) is 11.3 Å². The van der Waals surface area contributed by atoms with Crippen LogP contribution in [0.5, 0.6) is 0 Å². The topological polar surface area (TPSA) is 84.2 Å². The smallest absolute Gasteiger partial charge is 0.273 e. The number of rotatable bonds is 2. The van der Waals surface area contributed by atoms with Crippen LogP contribution in [0.4, 0.5) is 0 Å². The van der Waals surface area contributed by atoms with Crippen molar-refractivity contribution in [3.8, 4) is 11.3 Å². The summed E-state index contributed by atoms with van der Waals surface area (Å²) >= 11 is 5.02. The Labute approximate surface area is 188 Å². The molecule has 0 unspecified atom stereocenters. The molecule has 3 aromatic rings. The van der Waals surface area contributed by atoms with E-state index >= 15 is 0 Å². The maximum absolute atomic E-state index is 11.2. The molecule has 1 aliphatic heterocycles. The number of amides is 2. The summed E-state index contributed by atoms with van der Waals surface area (Å²) < 4.78 is 6.20. The average molecular weight is 490 g/mol. The molecule has 0 aliphatic carbocycles. The molecule has 30 heavy (non-hydrogen) atoms. The maximum Gasteiger partial charge on any atom is 0.273 e. The number of nitrogens with one attached hydrogen (secondary N) is 2. The fourth-order valence-corrected chi connectivity index (χ4v) is 3.37. The van der Waals surface area contributed by atoms with Crippen LogP contribution in [0.15, 0.2) is 75.7 Å². The molecule has 0 bridgehead atoms. The molecule has 0 spiro atoms. The number of thioether (sulfide) groups is 1. The van der Waals surface area contributed by atoms with Gasteiger partial charge in [0.05, 0.1) is 5.75 Å². The molecule has 2 N–H and O–H groups in total. The van der Waals surface area contributed by atoms with Crippen LogP contribution in [0.2, 0.25) is 0 Å². The summed E-state index contributed by atoms with van der Waals surface area (Å²) in [5.41, 5.74) is 1.19. The van der Waals surface area contributed by atoms with Gasteiger partial charge in [0.1, 0.15) is 0 Å². The number of benzene rings is 2. The zero-order valence-electron chi connectivity index (χ0n) is 16.6. The number of halogens is 1. The minimum absolute atomic E-state index is 0.188. The minimum atomic E-state index is -0.249. The lowest BCUT2D eigenvalue weighted by Gasteiger charge is -1.93. The SMILES string of the molecule is Brc1ccccc1.CNC(=O)c1cc(-c2ccccc2)on1.O=C1CSCCCN1. The largest absolute Gasteiger partial charge is 0.355 e. The fraction of sp³-hybridized carbons (Fsp3) is 0.227. The number of hydrogen-bond donors (Lipinski definition) is 2. The molecule has 1 fully saturated rings. The van der Waals surface area contributed by atoms with Crippen LogP contribution in [-0.2, 0) is 4.79 Å². The van der Waals surface area contributed by atoms with Gasteiger partial charge in [-0.05, 0) is 24.3 Å². The molecule has 1 aliphatic rings. The van der Waals surface area contributed by atoms with E-state index in [9.17, 15) is 9.59 Å². The first kappa shape index (κ1) is 23.7. The second kappa shape index (κ2) is 13.6. The quantitative estimate of drug-likeness (QED) is 0.557. The van der Waals surface area contributed by atoms with Crippen molar-refractivity contribution in [2.24, 2.45) is 0 Å². The normalized spacial score (nSPS) is 12.8. The summed E-state index contributed by atoms with van der Waals surface area (Å²) in [5, 5.41) is 8.95. The van der Waals surface area contributed by atoms with Gasteiger partial charge in [-0.25, -0.2) is 0 Å². The van der Waals surface area contributed by atoms with Gasteiger partial charge in [-0.15, -0.1) is 0 Å². The number of nitrogens with zero attached hydrogens (tertiary/aromatic N) is 1. The average Bonchev–Trinajstić information content (AvgIpc) is 3.16. The maximum atomic E-state index is 11.2. The van der Waals surface area contributed by atoms with E-state index in [0.717, 1.165) is 28.8 Å². The van der Waals surface area contributed by atoms with Gasteiger partial charge in [-0.3, -0.25) is 9.59 Å². The third kappa shape index (κ3) is 8.84. The number of carbonyl (C=O) groups is 2. The molecule has 2 amide bonds. The highest BCUT2D eigenvalue weighted by Gasteiger charge is 2.11. The lowest BCUT2D eigenvalue weighted by molar-refractivity contribution is -0.118. The summed E-state index contributed by atoms with van der Waals surface area (Å²) in [6.45, 7) is 0.867. The van der Waals surface area contributed by atoms with E-state index in [1.54, 1.807) is 24.9 Å². The summed E-state index contributed by atoms with van der Waals surface area (Å²) in [5.74, 6) is 2.31. The van der Waals surface area contributed by atoms with E-state index in [2.05, 4.69) is 31.7 Å². The minimum Gasteiger partial charge on any atom is -0.355 e. The van der Waals surface area contributed by atoms with Crippen molar-refractivity contribution in [2.75, 3.05) is 25.1 Å². The molecule has 8 heteroatoms. The van der Waals surface area contributed by atoms with E-state index < -0.39 is 0 Å². The Morgan fingerprint density at radius 1 is 1.13 bits per heavy atom. The first-order chi connectivity index (χ1) is 14.6. The van der Waals surface area contributed by atoms with E-state index in [4.69, 9.17) is 4.52 Å². The van der Waals surface area contributed by atoms with Crippen LogP contribution in [0.3, 0.4) is 0 Å². The molecular formula is C22H24BrN3O3S. The van der Waals surface area contributed by atoms with Gasteiger partial charge in [0.25, 0.3) is 5.91 Å². The van der Waals surface area contributed by atoms with E-state index in [1.807, 2.05) is 60.7 Å².